The Hall–Kier alpha value is -3.40. The van der Waals surface area contributed by atoms with Gasteiger partial charge in [0.25, 0.3) is 11.5 Å². The van der Waals surface area contributed by atoms with Crippen molar-refractivity contribution in [2.75, 3.05) is 24.8 Å². The van der Waals surface area contributed by atoms with Gasteiger partial charge in [-0.15, -0.1) is 0 Å². The van der Waals surface area contributed by atoms with Gasteiger partial charge in [-0.1, -0.05) is 0 Å². The zero-order chi connectivity index (χ0) is 22.2. The van der Waals surface area contributed by atoms with Gasteiger partial charge in [-0.25, -0.2) is 4.98 Å². The fourth-order valence-corrected chi connectivity index (χ4v) is 4.36. The molecule has 3 aromatic rings. The number of nitrogens with zero attached hydrogens (tertiary/aromatic N) is 4. The van der Waals surface area contributed by atoms with Gasteiger partial charge in [-0.2, -0.15) is 9.61 Å². The standard InChI is InChI=1S/C22H27N7O3/c1-23-19-11-18(27-20-14(12-24-29(19)20)21(30)25-13-8-9-13)26-15-5-4-10-28(22(15)31)16-6-3-7-17(16)32-2/h4-5,10-13,16-17,23H,3,6-9H2,1-2H3,(H,25,30)(H,26,27)/t16-,17+/m1/s1. The highest BCUT2D eigenvalue weighted by Gasteiger charge is 2.30. The molecule has 10 heteroatoms. The van der Waals surface area contributed by atoms with Crippen molar-refractivity contribution in [3.05, 3.63) is 46.5 Å². The molecule has 3 N–H and O–H groups in total. The summed E-state index contributed by atoms with van der Waals surface area (Å²) in [5.41, 5.74) is 1.10. The van der Waals surface area contributed by atoms with Gasteiger partial charge in [0.1, 0.15) is 22.9 Å². The number of carbonyl (C=O) groups excluding carboxylic acids is 1. The first kappa shape index (κ1) is 20.5. The molecule has 5 rings (SSSR count). The van der Waals surface area contributed by atoms with Crippen LogP contribution in [0.2, 0.25) is 0 Å². The van der Waals surface area contributed by atoms with E-state index in [2.05, 4.69) is 26.0 Å². The summed E-state index contributed by atoms with van der Waals surface area (Å²) in [7, 11) is 3.46. The molecule has 2 atom stereocenters. The Kier molecular flexibility index (Phi) is 5.30. The third-order valence-electron chi connectivity index (χ3n) is 6.20. The van der Waals surface area contributed by atoms with E-state index in [0.29, 0.717) is 28.5 Å². The number of anilines is 3. The fourth-order valence-electron chi connectivity index (χ4n) is 4.36. The molecule has 0 aromatic carbocycles. The average Bonchev–Trinajstić information content (AvgIpc) is 3.31. The van der Waals surface area contributed by atoms with Crippen molar-refractivity contribution in [2.45, 2.75) is 50.3 Å². The zero-order valence-electron chi connectivity index (χ0n) is 18.2. The summed E-state index contributed by atoms with van der Waals surface area (Å²) >= 11 is 0. The van der Waals surface area contributed by atoms with E-state index in [0.717, 1.165) is 32.1 Å². The van der Waals surface area contributed by atoms with Crippen LogP contribution >= 0.6 is 0 Å². The van der Waals surface area contributed by atoms with Crippen LogP contribution in [0.3, 0.4) is 0 Å². The summed E-state index contributed by atoms with van der Waals surface area (Å²) in [6, 6.07) is 5.59. The Labute approximate surface area is 185 Å². The molecule has 2 fully saturated rings. The van der Waals surface area contributed by atoms with Gasteiger partial charge in [0, 0.05) is 32.5 Å². The van der Waals surface area contributed by atoms with Crippen LogP contribution in [0.15, 0.2) is 35.4 Å². The number of carbonyl (C=O) groups is 1. The number of amides is 1. The molecule has 2 aliphatic carbocycles. The second-order valence-corrected chi connectivity index (χ2v) is 8.35. The third kappa shape index (κ3) is 3.70. The minimum absolute atomic E-state index is 0.0186. The second kappa shape index (κ2) is 8.27. The van der Waals surface area contributed by atoms with Gasteiger partial charge in [0.05, 0.1) is 18.3 Å². The van der Waals surface area contributed by atoms with E-state index in [1.807, 2.05) is 12.3 Å². The van der Waals surface area contributed by atoms with Crippen LogP contribution in [0, 0.1) is 0 Å². The monoisotopic (exact) mass is 437 g/mol. The van der Waals surface area contributed by atoms with Crippen LogP contribution in [0.5, 0.6) is 0 Å². The van der Waals surface area contributed by atoms with E-state index in [9.17, 15) is 9.59 Å². The number of fused-ring (bicyclic) bond motifs is 1. The van der Waals surface area contributed by atoms with Crippen molar-refractivity contribution < 1.29 is 9.53 Å². The summed E-state index contributed by atoms with van der Waals surface area (Å²) in [4.78, 5) is 30.4. The maximum Gasteiger partial charge on any atom is 0.274 e. The fraction of sp³-hybridized carbons (Fsp3) is 0.455. The Morgan fingerprint density at radius 3 is 2.84 bits per heavy atom. The lowest BCUT2D eigenvalue weighted by atomic mass is 10.2. The van der Waals surface area contributed by atoms with Gasteiger partial charge in [0.15, 0.2) is 5.65 Å². The number of aromatic nitrogens is 4. The molecule has 3 aromatic heterocycles. The van der Waals surface area contributed by atoms with Gasteiger partial charge < -0.3 is 25.3 Å². The number of ether oxygens (including phenoxy) is 1. The van der Waals surface area contributed by atoms with E-state index in [1.165, 1.54) is 6.20 Å². The summed E-state index contributed by atoms with van der Waals surface area (Å²) in [5, 5.41) is 13.5. The molecule has 2 aliphatic rings. The molecule has 0 aliphatic heterocycles. The van der Waals surface area contributed by atoms with Crippen LogP contribution in [0.25, 0.3) is 5.65 Å². The first-order chi connectivity index (χ1) is 15.6. The van der Waals surface area contributed by atoms with E-state index in [1.54, 1.807) is 35.4 Å². The molecular formula is C22H27N7O3. The van der Waals surface area contributed by atoms with Crippen LogP contribution < -0.4 is 21.5 Å². The molecule has 168 valence electrons. The smallest absolute Gasteiger partial charge is 0.274 e. The van der Waals surface area contributed by atoms with Crippen LogP contribution in [-0.4, -0.2) is 51.4 Å². The third-order valence-corrected chi connectivity index (χ3v) is 6.20. The highest BCUT2D eigenvalue weighted by atomic mass is 16.5. The van der Waals surface area contributed by atoms with Crippen molar-refractivity contribution in [2.24, 2.45) is 0 Å². The van der Waals surface area contributed by atoms with Crippen molar-refractivity contribution >= 4 is 28.9 Å². The zero-order valence-corrected chi connectivity index (χ0v) is 18.2. The summed E-state index contributed by atoms with van der Waals surface area (Å²) < 4.78 is 8.91. The molecule has 0 unspecified atom stereocenters. The van der Waals surface area contributed by atoms with Crippen LogP contribution in [0.4, 0.5) is 17.3 Å². The average molecular weight is 438 g/mol. The number of methoxy groups -OCH3 is 1. The normalized spacial score (nSPS) is 20.4. The van der Waals surface area contributed by atoms with Crippen molar-refractivity contribution in [1.29, 1.82) is 0 Å². The minimum Gasteiger partial charge on any atom is -0.379 e. The molecule has 32 heavy (non-hydrogen) atoms. The lowest BCUT2D eigenvalue weighted by Crippen LogP contribution is -2.30. The maximum atomic E-state index is 13.2. The quantitative estimate of drug-likeness (QED) is 0.520. The Balaban J connectivity index is 1.49. The number of hydrogen-bond acceptors (Lipinski definition) is 7. The predicted octanol–water partition coefficient (Wildman–Crippen LogP) is 2.31. The van der Waals surface area contributed by atoms with Crippen molar-refractivity contribution in [3.8, 4) is 0 Å². The number of hydrogen-bond donors (Lipinski definition) is 3. The Bertz CT molecular complexity index is 1210. The molecule has 0 spiro atoms. The van der Waals surface area contributed by atoms with Gasteiger partial charge in [0.2, 0.25) is 0 Å². The number of pyridine rings is 1. The van der Waals surface area contributed by atoms with E-state index in [4.69, 9.17) is 4.74 Å². The van der Waals surface area contributed by atoms with Crippen molar-refractivity contribution in [3.63, 3.8) is 0 Å². The maximum absolute atomic E-state index is 13.2. The van der Waals surface area contributed by atoms with E-state index in [-0.39, 0.29) is 29.7 Å². The predicted molar refractivity (Wildman–Crippen MR) is 121 cm³/mol. The first-order valence-electron chi connectivity index (χ1n) is 11.0. The molecular weight excluding hydrogens is 410 g/mol. The lowest BCUT2D eigenvalue weighted by molar-refractivity contribution is 0.0739. The molecule has 0 bridgehead atoms. The van der Waals surface area contributed by atoms with Crippen LogP contribution in [-0.2, 0) is 4.74 Å². The Morgan fingerprint density at radius 1 is 1.25 bits per heavy atom. The second-order valence-electron chi connectivity index (χ2n) is 8.35. The molecule has 0 saturated heterocycles. The van der Waals surface area contributed by atoms with E-state index >= 15 is 0 Å². The van der Waals surface area contributed by atoms with E-state index < -0.39 is 0 Å². The minimum atomic E-state index is -0.192. The molecule has 0 radical (unpaired) electrons. The first-order valence-corrected chi connectivity index (χ1v) is 11.0. The summed E-state index contributed by atoms with van der Waals surface area (Å²) in [6.07, 6.45) is 8.24. The SMILES string of the molecule is CNc1cc(Nc2cccn([C@@H]3CCC[C@@H]3OC)c2=O)nc2c(C(=O)NC3CC3)cnn12. The number of nitrogens with one attached hydrogen (secondary N) is 3. The van der Waals surface area contributed by atoms with Crippen molar-refractivity contribution in [1.82, 2.24) is 24.5 Å². The molecule has 10 nitrogen and oxygen atoms in total. The highest BCUT2D eigenvalue weighted by molar-refractivity contribution is 6.00. The summed E-state index contributed by atoms with van der Waals surface area (Å²) in [6.45, 7) is 0. The van der Waals surface area contributed by atoms with Gasteiger partial charge in [-0.3, -0.25) is 9.59 Å². The molecule has 2 saturated carbocycles. The summed E-state index contributed by atoms with van der Waals surface area (Å²) in [5.74, 6) is 0.907. The molecule has 1 amide bonds. The lowest BCUT2D eigenvalue weighted by Gasteiger charge is -2.21. The van der Waals surface area contributed by atoms with Crippen LogP contribution in [0.1, 0.15) is 48.5 Å². The largest absolute Gasteiger partial charge is 0.379 e. The van der Waals surface area contributed by atoms with Gasteiger partial charge in [-0.05, 0) is 44.2 Å². The Morgan fingerprint density at radius 2 is 2.09 bits per heavy atom. The number of rotatable bonds is 7. The van der Waals surface area contributed by atoms with Gasteiger partial charge >= 0.3 is 0 Å². The highest BCUT2D eigenvalue weighted by Crippen LogP contribution is 2.31. The molecule has 3 heterocycles. The topological polar surface area (TPSA) is 115 Å².